The standard InChI is InChI=1S/C13H16N4/c1-8(2)10-4-6-11(7-5-10)12-13(14)15-9(3)16-17-12/h4-8H,1-3H3,(H2,14,15,16). The van der Waals surface area contributed by atoms with Crippen LogP contribution in [0.5, 0.6) is 0 Å². The molecule has 0 aliphatic heterocycles. The van der Waals surface area contributed by atoms with Crippen molar-refractivity contribution in [3.05, 3.63) is 35.7 Å². The topological polar surface area (TPSA) is 64.7 Å². The number of aromatic nitrogens is 3. The number of nitrogens with two attached hydrogens (primary N) is 1. The molecule has 0 aliphatic carbocycles. The Bertz CT molecular complexity index is 517. The molecule has 0 atom stereocenters. The van der Waals surface area contributed by atoms with Crippen molar-refractivity contribution in [2.75, 3.05) is 5.73 Å². The molecule has 17 heavy (non-hydrogen) atoms. The van der Waals surface area contributed by atoms with Crippen LogP contribution in [0.25, 0.3) is 11.3 Å². The largest absolute Gasteiger partial charge is 0.382 e. The average Bonchev–Trinajstić information content (AvgIpc) is 2.29. The Morgan fingerprint density at radius 1 is 1.06 bits per heavy atom. The minimum absolute atomic E-state index is 0.426. The molecule has 4 heteroatoms. The van der Waals surface area contributed by atoms with Crippen LogP contribution in [-0.4, -0.2) is 15.2 Å². The van der Waals surface area contributed by atoms with Gasteiger partial charge in [0.05, 0.1) is 0 Å². The maximum absolute atomic E-state index is 5.84. The monoisotopic (exact) mass is 228 g/mol. The van der Waals surface area contributed by atoms with Crippen molar-refractivity contribution in [3.63, 3.8) is 0 Å². The van der Waals surface area contributed by atoms with Crippen molar-refractivity contribution in [1.82, 2.24) is 15.2 Å². The second-order valence-electron chi connectivity index (χ2n) is 4.37. The molecule has 0 saturated carbocycles. The van der Waals surface area contributed by atoms with Gasteiger partial charge in [-0.3, -0.25) is 0 Å². The van der Waals surface area contributed by atoms with Crippen LogP contribution >= 0.6 is 0 Å². The van der Waals surface area contributed by atoms with Crippen LogP contribution in [0.1, 0.15) is 31.2 Å². The molecule has 0 fully saturated rings. The molecule has 0 saturated heterocycles. The van der Waals surface area contributed by atoms with Crippen LogP contribution in [0.2, 0.25) is 0 Å². The molecule has 0 unspecified atom stereocenters. The van der Waals surface area contributed by atoms with E-state index in [0.29, 0.717) is 23.3 Å². The van der Waals surface area contributed by atoms with Gasteiger partial charge in [-0.1, -0.05) is 38.1 Å². The molecule has 0 radical (unpaired) electrons. The molecule has 1 aromatic heterocycles. The van der Waals surface area contributed by atoms with Crippen molar-refractivity contribution in [3.8, 4) is 11.3 Å². The lowest BCUT2D eigenvalue weighted by atomic mass is 10.0. The van der Waals surface area contributed by atoms with Gasteiger partial charge in [0.2, 0.25) is 0 Å². The Morgan fingerprint density at radius 3 is 2.24 bits per heavy atom. The average molecular weight is 228 g/mol. The summed E-state index contributed by atoms with van der Waals surface area (Å²) in [5.41, 5.74) is 8.72. The van der Waals surface area contributed by atoms with Crippen LogP contribution in [-0.2, 0) is 0 Å². The third-order valence-electron chi connectivity index (χ3n) is 2.67. The highest BCUT2D eigenvalue weighted by Crippen LogP contribution is 2.23. The van der Waals surface area contributed by atoms with E-state index in [1.807, 2.05) is 12.1 Å². The summed E-state index contributed by atoms with van der Waals surface area (Å²) in [5.74, 6) is 1.53. The van der Waals surface area contributed by atoms with Gasteiger partial charge in [-0.05, 0) is 18.4 Å². The minimum atomic E-state index is 0.426. The molecule has 1 aromatic carbocycles. The predicted octanol–water partition coefficient (Wildman–Crippen LogP) is 2.55. The van der Waals surface area contributed by atoms with E-state index in [1.54, 1.807) is 6.92 Å². The number of aryl methyl sites for hydroxylation is 1. The van der Waals surface area contributed by atoms with Gasteiger partial charge in [0.15, 0.2) is 5.82 Å². The molecule has 1 heterocycles. The maximum Gasteiger partial charge on any atom is 0.154 e. The number of nitrogen functional groups attached to an aromatic ring is 1. The zero-order chi connectivity index (χ0) is 12.4. The molecule has 0 bridgehead atoms. The Kier molecular flexibility index (Phi) is 3.04. The lowest BCUT2D eigenvalue weighted by Gasteiger charge is -2.07. The lowest BCUT2D eigenvalue weighted by Crippen LogP contribution is -2.02. The lowest BCUT2D eigenvalue weighted by molar-refractivity contribution is 0.866. The normalized spacial score (nSPS) is 10.8. The summed E-state index contributed by atoms with van der Waals surface area (Å²) in [6, 6.07) is 8.18. The Balaban J connectivity index is 2.40. The Morgan fingerprint density at radius 2 is 1.71 bits per heavy atom. The summed E-state index contributed by atoms with van der Waals surface area (Å²) >= 11 is 0. The second kappa shape index (κ2) is 4.49. The molecule has 2 N–H and O–H groups in total. The van der Waals surface area contributed by atoms with Crippen molar-refractivity contribution in [2.24, 2.45) is 0 Å². The summed E-state index contributed by atoms with van der Waals surface area (Å²) < 4.78 is 0. The first-order valence-corrected chi connectivity index (χ1v) is 5.65. The number of hydrogen-bond donors (Lipinski definition) is 1. The molecule has 4 nitrogen and oxygen atoms in total. The quantitative estimate of drug-likeness (QED) is 0.857. The first-order valence-electron chi connectivity index (χ1n) is 5.65. The summed E-state index contributed by atoms with van der Waals surface area (Å²) in [6.07, 6.45) is 0. The molecule has 0 amide bonds. The molecule has 0 aliphatic rings. The third kappa shape index (κ3) is 2.41. The zero-order valence-corrected chi connectivity index (χ0v) is 10.3. The van der Waals surface area contributed by atoms with Gasteiger partial charge < -0.3 is 5.73 Å². The molecule has 0 spiro atoms. The molecular formula is C13H16N4. The van der Waals surface area contributed by atoms with Gasteiger partial charge >= 0.3 is 0 Å². The number of anilines is 1. The molecule has 2 rings (SSSR count). The van der Waals surface area contributed by atoms with E-state index in [2.05, 4.69) is 41.2 Å². The smallest absolute Gasteiger partial charge is 0.154 e. The van der Waals surface area contributed by atoms with Crippen molar-refractivity contribution in [1.29, 1.82) is 0 Å². The summed E-state index contributed by atoms with van der Waals surface area (Å²) in [5, 5.41) is 8.02. The van der Waals surface area contributed by atoms with Crippen LogP contribution in [0.15, 0.2) is 24.3 Å². The minimum Gasteiger partial charge on any atom is -0.382 e. The summed E-state index contributed by atoms with van der Waals surface area (Å²) in [7, 11) is 0. The Hall–Kier alpha value is -1.97. The van der Waals surface area contributed by atoms with Crippen molar-refractivity contribution in [2.45, 2.75) is 26.7 Å². The molecule has 2 aromatic rings. The fourth-order valence-electron chi connectivity index (χ4n) is 1.65. The highest BCUT2D eigenvalue weighted by molar-refractivity contribution is 5.69. The maximum atomic E-state index is 5.84. The van der Waals surface area contributed by atoms with E-state index in [1.165, 1.54) is 5.56 Å². The third-order valence-corrected chi connectivity index (χ3v) is 2.67. The zero-order valence-electron chi connectivity index (χ0n) is 10.3. The summed E-state index contributed by atoms with van der Waals surface area (Å²) in [4.78, 5) is 4.11. The van der Waals surface area contributed by atoms with Crippen LogP contribution < -0.4 is 5.73 Å². The SMILES string of the molecule is Cc1nnc(-c2ccc(C(C)C)cc2)c(N)n1. The number of nitrogens with zero attached hydrogens (tertiary/aromatic N) is 3. The van der Waals surface area contributed by atoms with Crippen LogP contribution in [0.4, 0.5) is 5.82 Å². The molecule has 88 valence electrons. The van der Waals surface area contributed by atoms with Crippen molar-refractivity contribution >= 4 is 5.82 Å². The number of hydrogen-bond acceptors (Lipinski definition) is 4. The predicted molar refractivity (Wildman–Crippen MR) is 68.5 cm³/mol. The second-order valence-corrected chi connectivity index (χ2v) is 4.37. The van der Waals surface area contributed by atoms with E-state index in [4.69, 9.17) is 5.73 Å². The van der Waals surface area contributed by atoms with E-state index in [-0.39, 0.29) is 0 Å². The van der Waals surface area contributed by atoms with E-state index in [0.717, 1.165) is 5.56 Å². The molecular weight excluding hydrogens is 212 g/mol. The van der Waals surface area contributed by atoms with E-state index >= 15 is 0 Å². The number of benzene rings is 1. The first-order chi connectivity index (χ1) is 8.08. The van der Waals surface area contributed by atoms with Crippen LogP contribution in [0.3, 0.4) is 0 Å². The van der Waals surface area contributed by atoms with Crippen LogP contribution in [0, 0.1) is 6.92 Å². The highest BCUT2D eigenvalue weighted by atomic mass is 15.2. The van der Waals surface area contributed by atoms with Gasteiger partial charge in [0.25, 0.3) is 0 Å². The highest BCUT2D eigenvalue weighted by Gasteiger charge is 2.07. The van der Waals surface area contributed by atoms with Crippen molar-refractivity contribution < 1.29 is 0 Å². The van der Waals surface area contributed by atoms with Gasteiger partial charge in [-0.2, -0.15) is 0 Å². The van der Waals surface area contributed by atoms with Gasteiger partial charge in [0.1, 0.15) is 11.5 Å². The fraction of sp³-hybridized carbons (Fsp3) is 0.308. The fourth-order valence-corrected chi connectivity index (χ4v) is 1.65. The first kappa shape index (κ1) is 11.5. The Labute approximate surface area is 101 Å². The van der Waals surface area contributed by atoms with Gasteiger partial charge in [0, 0.05) is 5.56 Å². The van der Waals surface area contributed by atoms with Gasteiger partial charge in [-0.15, -0.1) is 10.2 Å². The van der Waals surface area contributed by atoms with Gasteiger partial charge in [-0.25, -0.2) is 4.98 Å². The number of rotatable bonds is 2. The summed E-state index contributed by atoms with van der Waals surface area (Å²) in [6.45, 7) is 6.10. The van der Waals surface area contributed by atoms with E-state index in [9.17, 15) is 0 Å². The van der Waals surface area contributed by atoms with E-state index < -0.39 is 0 Å².